The first kappa shape index (κ1) is 31.5. The van der Waals surface area contributed by atoms with Gasteiger partial charge in [0.15, 0.2) is 29.6 Å². The molecule has 0 bridgehead atoms. The number of rotatable bonds is 9. The number of hydrogen-bond acceptors (Lipinski definition) is 8. The number of aromatic nitrogens is 4. The first-order valence-electron chi connectivity index (χ1n) is 13.3. The number of carbonyl (C=O) groups is 1. The summed E-state index contributed by atoms with van der Waals surface area (Å²) < 4.78 is 82.7. The maximum absolute atomic E-state index is 14.0. The van der Waals surface area contributed by atoms with Crippen molar-refractivity contribution in [2.45, 2.75) is 43.7 Å². The number of hydrogen-bond donors (Lipinski definition) is 2. The molecule has 4 aromatic rings. The Morgan fingerprint density at radius 3 is 2.09 bits per heavy atom. The highest BCUT2D eigenvalue weighted by atomic mass is 32.2. The van der Waals surface area contributed by atoms with Gasteiger partial charge in [-0.05, 0) is 27.1 Å². The van der Waals surface area contributed by atoms with Gasteiger partial charge in [0.05, 0.1) is 18.8 Å². The molecule has 3 aromatic carbocycles. The summed E-state index contributed by atoms with van der Waals surface area (Å²) in [5.74, 6) is -12.2. The fourth-order valence-electron chi connectivity index (χ4n) is 4.68. The maximum atomic E-state index is 14.0. The van der Waals surface area contributed by atoms with Crippen LogP contribution in [0.25, 0.3) is 0 Å². The lowest BCUT2D eigenvalue weighted by Gasteiger charge is -2.41. The molecule has 4 unspecified atom stereocenters. The average molecular weight is 636 g/mol. The van der Waals surface area contributed by atoms with Crippen LogP contribution in [-0.2, 0) is 29.7 Å². The van der Waals surface area contributed by atoms with Crippen molar-refractivity contribution in [3.05, 3.63) is 105 Å². The molecule has 1 aromatic heterocycles. The number of ether oxygens (including phenoxy) is 2. The van der Waals surface area contributed by atoms with Crippen molar-refractivity contribution in [3.63, 3.8) is 0 Å². The number of aliphatic hydroxyl groups is 1. The number of aryl methyl sites for hydroxylation is 1. The van der Waals surface area contributed by atoms with E-state index >= 15 is 0 Å². The lowest BCUT2D eigenvalue weighted by molar-refractivity contribution is -0.268. The maximum Gasteiger partial charge on any atom is 0.257 e. The summed E-state index contributed by atoms with van der Waals surface area (Å²) in [5.41, 5.74) is 1.21. The third-order valence-electron chi connectivity index (χ3n) is 7.22. The first-order valence-corrected chi connectivity index (χ1v) is 14.3. The van der Waals surface area contributed by atoms with Crippen LogP contribution >= 0.6 is 11.8 Å². The van der Waals surface area contributed by atoms with E-state index < -0.39 is 46.8 Å². The minimum atomic E-state index is -2.34. The molecule has 9 nitrogen and oxygen atoms in total. The van der Waals surface area contributed by atoms with Gasteiger partial charge in [-0.1, -0.05) is 67.2 Å². The Morgan fingerprint density at radius 1 is 0.909 bits per heavy atom. The summed E-state index contributed by atoms with van der Waals surface area (Å²) in [6.07, 6.45) is -1.46. The minimum absolute atomic E-state index is 0.0867. The average Bonchev–Trinajstić information content (AvgIpc) is 3.46. The van der Waals surface area contributed by atoms with Gasteiger partial charge in [-0.25, -0.2) is 26.6 Å². The molecule has 0 aliphatic carbocycles. The number of nitrogens with one attached hydrogen (secondary N) is 1. The zero-order chi connectivity index (χ0) is 31.5. The summed E-state index contributed by atoms with van der Waals surface area (Å²) in [7, 11) is 1.73. The Bertz CT molecular complexity index is 1610. The van der Waals surface area contributed by atoms with Crippen molar-refractivity contribution in [3.8, 4) is 0 Å². The van der Waals surface area contributed by atoms with E-state index in [-0.39, 0.29) is 31.3 Å². The van der Waals surface area contributed by atoms with E-state index in [1.165, 1.54) is 11.8 Å². The van der Waals surface area contributed by atoms with Gasteiger partial charge in [0.1, 0.15) is 5.56 Å². The number of aliphatic hydroxyl groups excluding tert-OH is 1. The SMILES string of the molecule is CC1C(CSc2nnnn2C)OC(c2ccc(CNC(=O)c3c(F)c(F)c(F)c(F)c3F)cc2)OC1c1ccc(CO)cc1. The fraction of sp³-hybridized carbons (Fsp3) is 0.310. The number of tetrazole rings is 1. The van der Waals surface area contributed by atoms with E-state index in [0.29, 0.717) is 22.0 Å². The second-order valence-electron chi connectivity index (χ2n) is 10.1. The van der Waals surface area contributed by atoms with Gasteiger partial charge < -0.3 is 19.9 Å². The Balaban J connectivity index is 1.31. The molecule has 4 atom stereocenters. The lowest BCUT2D eigenvalue weighted by Crippen LogP contribution is -2.38. The third-order valence-corrected chi connectivity index (χ3v) is 8.32. The van der Waals surface area contributed by atoms with E-state index in [4.69, 9.17) is 9.47 Å². The topological polar surface area (TPSA) is 111 Å². The molecule has 232 valence electrons. The molecule has 1 amide bonds. The van der Waals surface area contributed by atoms with E-state index in [1.54, 1.807) is 36.0 Å². The van der Waals surface area contributed by atoms with Gasteiger partial charge in [0.2, 0.25) is 11.0 Å². The van der Waals surface area contributed by atoms with Gasteiger partial charge in [0, 0.05) is 30.8 Å². The largest absolute Gasteiger partial charge is 0.392 e. The van der Waals surface area contributed by atoms with Crippen LogP contribution in [0.1, 0.15) is 51.9 Å². The predicted molar refractivity (Wildman–Crippen MR) is 146 cm³/mol. The Hall–Kier alpha value is -3.92. The molecule has 0 spiro atoms. The summed E-state index contributed by atoms with van der Waals surface area (Å²) in [6.45, 7) is 1.66. The zero-order valence-corrected chi connectivity index (χ0v) is 24.1. The molecule has 1 aliphatic heterocycles. The highest BCUT2D eigenvalue weighted by Crippen LogP contribution is 2.42. The molecule has 1 saturated heterocycles. The predicted octanol–water partition coefficient (Wildman–Crippen LogP) is 4.91. The number of benzene rings is 3. The summed E-state index contributed by atoms with van der Waals surface area (Å²) in [5, 5.41) is 23.8. The van der Waals surface area contributed by atoms with E-state index in [0.717, 1.165) is 11.1 Å². The highest BCUT2D eigenvalue weighted by molar-refractivity contribution is 7.99. The fourth-order valence-corrected chi connectivity index (χ4v) is 5.69. The van der Waals surface area contributed by atoms with Crippen LogP contribution < -0.4 is 5.32 Å². The minimum Gasteiger partial charge on any atom is -0.392 e. The molecule has 1 fully saturated rings. The summed E-state index contributed by atoms with van der Waals surface area (Å²) in [6, 6.07) is 14.0. The van der Waals surface area contributed by atoms with Crippen molar-refractivity contribution in [1.82, 2.24) is 25.5 Å². The number of carbonyl (C=O) groups excluding carboxylic acids is 1. The van der Waals surface area contributed by atoms with Crippen molar-refractivity contribution in [2.24, 2.45) is 13.0 Å². The number of nitrogens with zero attached hydrogens (tertiary/aromatic N) is 4. The molecular formula is C29H26F5N5O4S. The van der Waals surface area contributed by atoms with Gasteiger partial charge in [-0.3, -0.25) is 4.79 Å². The second-order valence-corrected chi connectivity index (χ2v) is 11.1. The molecule has 44 heavy (non-hydrogen) atoms. The number of halogens is 5. The van der Waals surface area contributed by atoms with Crippen LogP contribution in [0, 0.1) is 35.0 Å². The molecular weight excluding hydrogens is 609 g/mol. The van der Waals surface area contributed by atoms with Gasteiger partial charge in [-0.15, -0.1) is 5.10 Å². The molecule has 2 heterocycles. The molecule has 0 saturated carbocycles. The molecule has 1 aliphatic rings. The van der Waals surface area contributed by atoms with Gasteiger partial charge in [-0.2, -0.15) is 0 Å². The smallest absolute Gasteiger partial charge is 0.257 e. The lowest BCUT2D eigenvalue weighted by atomic mass is 9.91. The second kappa shape index (κ2) is 13.4. The first-order chi connectivity index (χ1) is 21.1. The van der Waals surface area contributed by atoms with Gasteiger partial charge >= 0.3 is 0 Å². The third kappa shape index (κ3) is 6.45. The standard InChI is InChI=1S/C29H26F5N5O4S/c1-14-19(13-44-29-36-37-38-39(29)2)42-28(43-26(14)17-7-5-16(12-40)6-8-17)18-9-3-15(4-10-18)11-35-27(41)20-21(30)23(32)25(34)24(33)22(20)31/h3-10,14,19,26,28,40H,11-13H2,1-2H3,(H,35,41). The monoisotopic (exact) mass is 635 g/mol. The van der Waals surface area contributed by atoms with E-state index in [9.17, 15) is 31.9 Å². The van der Waals surface area contributed by atoms with E-state index in [2.05, 4.69) is 20.8 Å². The Labute approximate surface area is 252 Å². The summed E-state index contributed by atoms with van der Waals surface area (Å²) in [4.78, 5) is 12.3. The van der Waals surface area contributed by atoms with Crippen LogP contribution in [-0.4, -0.2) is 43.1 Å². The molecule has 0 radical (unpaired) electrons. The van der Waals surface area contributed by atoms with Crippen molar-refractivity contribution < 1.29 is 41.3 Å². The zero-order valence-electron chi connectivity index (χ0n) is 23.3. The molecule has 2 N–H and O–H groups in total. The molecule has 15 heteroatoms. The Morgan fingerprint density at radius 2 is 1.50 bits per heavy atom. The summed E-state index contributed by atoms with van der Waals surface area (Å²) >= 11 is 1.43. The van der Waals surface area contributed by atoms with Crippen molar-refractivity contribution in [1.29, 1.82) is 0 Å². The van der Waals surface area contributed by atoms with Crippen molar-refractivity contribution >= 4 is 17.7 Å². The van der Waals surface area contributed by atoms with E-state index in [1.807, 2.05) is 31.2 Å². The van der Waals surface area contributed by atoms with Crippen LogP contribution in [0.3, 0.4) is 0 Å². The normalized spacial score (nSPS) is 20.1. The van der Waals surface area contributed by atoms with Crippen LogP contribution in [0.4, 0.5) is 22.0 Å². The molecule has 5 rings (SSSR count). The highest BCUT2D eigenvalue weighted by Gasteiger charge is 2.38. The van der Waals surface area contributed by atoms with Crippen molar-refractivity contribution in [2.75, 3.05) is 5.75 Å². The number of amides is 1. The Kier molecular flexibility index (Phi) is 9.58. The van der Waals surface area contributed by atoms with Crippen LogP contribution in [0.5, 0.6) is 0 Å². The van der Waals surface area contributed by atoms with Crippen LogP contribution in [0.15, 0.2) is 53.7 Å². The number of thioether (sulfide) groups is 1. The van der Waals surface area contributed by atoms with Crippen LogP contribution in [0.2, 0.25) is 0 Å². The van der Waals surface area contributed by atoms with Gasteiger partial charge in [0.25, 0.3) is 5.91 Å². The quantitative estimate of drug-likeness (QED) is 0.116.